The fraction of sp³-hybridized carbons (Fsp3) is 0.250. The van der Waals surface area contributed by atoms with Gasteiger partial charge in [-0.05, 0) is 41.5 Å². The summed E-state index contributed by atoms with van der Waals surface area (Å²) in [4.78, 5) is 0. The van der Waals surface area contributed by atoms with Crippen LogP contribution in [0.3, 0.4) is 0 Å². The summed E-state index contributed by atoms with van der Waals surface area (Å²) in [6, 6.07) is 11.0. The molecule has 0 radical (unpaired) electrons. The molecule has 0 spiro atoms. The molecule has 0 saturated carbocycles. The third kappa shape index (κ3) is 2.54. The van der Waals surface area contributed by atoms with Gasteiger partial charge in [-0.15, -0.1) is 0 Å². The molecule has 1 aliphatic heterocycles. The van der Waals surface area contributed by atoms with E-state index in [4.69, 9.17) is 9.47 Å². The average Bonchev–Trinajstić information content (AvgIpc) is 2.92. The van der Waals surface area contributed by atoms with Gasteiger partial charge in [0, 0.05) is 18.7 Å². The Morgan fingerprint density at radius 3 is 2.95 bits per heavy atom. The number of rotatable bonds is 4. The first-order valence-corrected chi connectivity index (χ1v) is 6.58. The van der Waals surface area contributed by atoms with Crippen molar-refractivity contribution in [2.45, 2.75) is 13.0 Å². The Kier molecular flexibility index (Phi) is 3.46. The predicted octanol–water partition coefficient (Wildman–Crippen LogP) is 3.38. The highest BCUT2D eigenvalue weighted by atomic mass is 19.1. The molecule has 0 unspecified atom stereocenters. The fourth-order valence-electron chi connectivity index (χ4n) is 2.32. The number of hydrogen-bond acceptors (Lipinski definition) is 3. The lowest BCUT2D eigenvalue weighted by atomic mass is 10.1. The van der Waals surface area contributed by atoms with Crippen molar-refractivity contribution in [1.29, 1.82) is 0 Å². The van der Waals surface area contributed by atoms with Crippen LogP contribution in [0.15, 0.2) is 36.4 Å². The highest BCUT2D eigenvalue weighted by Crippen LogP contribution is 2.28. The highest BCUT2D eigenvalue weighted by Gasteiger charge is 2.11. The van der Waals surface area contributed by atoms with Crippen LogP contribution in [0.5, 0.6) is 11.5 Å². The lowest BCUT2D eigenvalue weighted by molar-refractivity contribution is 0.357. The smallest absolute Gasteiger partial charge is 0.165 e. The number of benzene rings is 2. The van der Waals surface area contributed by atoms with E-state index in [0.717, 1.165) is 30.0 Å². The molecule has 0 saturated heterocycles. The summed E-state index contributed by atoms with van der Waals surface area (Å²) in [5, 5.41) is 3.29. The van der Waals surface area contributed by atoms with Crippen molar-refractivity contribution < 1.29 is 13.9 Å². The molecule has 2 aromatic carbocycles. The van der Waals surface area contributed by atoms with Crippen LogP contribution in [0.2, 0.25) is 0 Å². The SMILES string of the molecule is COc1ccc(CNc2ccc3c(c2)CCO3)cc1F. The molecule has 0 aromatic heterocycles. The topological polar surface area (TPSA) is 30.5 Å². The number of methoxy groups -OCH3 is 1. The zero-order chi connectivity index (χ0) is 13.9. The van der Waals surface area contributed by atoms with Gasteiger partial charge in [-0.2, -0.15) is 0 Å². The van der Waals surface area contributed by atoms with E-state index in [1.165, 1.54) is 18.7 Å². The van der Waals surface area contributed by atoms with E-state index in [2.05, 4.69) is 11.4 Å². The molecule has 20 heavy (non-hydrogen) atoms. The lowest BCUT2D eigenvalue weighted by Crippen LogP contribution is -2.00. The molecular weight excluding hydrogens is 257 g/mol. The molecule has 2 aromatic rings. The maximum absolute atomic E-state index is 13.6. The van der Waals surface area contributed by atoms with Crippen LogP contribution in [-0.4, -0.2) is 13.7 Å². The predicted molar refractivity (Wildman–Crippen MR) is 75.9 cm³/mol. The maximum atomic E-state index is 13.6. The second kappa shape index (κ2) is 5.41. The van der Waals surface area contributed by atoms with Crippen LogP contribution in [-0.2, 0) is 13.0 Å². The molecule has 0 aliphatic carbocycles. The van der Waals surface area contributed by atoms with Gasteiger partial charge in [0.1, 0.15) is 5.75 Å². The molecule has 0 bridgehead atoms. The molecule has 104 valence electrons. The number of anilines is 1. The summed E-state index contributed by atoms with van der Waals surface area (Å²) in [5.41, 5.74) is 3.11. The summed E-state index contributed by atoms with van der Waals surface area (Å²) in [6.07, 6.45) is 0.946. The number of fused-ring (bicyclic) bond motifs is 1. The average molecular weight is 273 g/mol. The van der Waals surface area contributed by atoms with Gasteiger partial charge in [-0.3, -0.25) is 0 Å². The maximum Gasteiger partial charge on any atom is 0.165 e. The van der Waals surface area contributed by atoms with E-state index < -0.39 is 0 Å². The Labute approximate surface area is 117 Å². The zero-order valence-electron chi connectivity index (χ0n) is 11.3. The highest BCUT2D eigenvalue weighted by molar-refractivity contribution is 5.52. The van der Waals surface area contributed by atoms with Crippen molar-refractivity contribution >= 4 is 5.69 Å². The van der Waals surface area contributed by atoms with Crippen molar-refractivity contribution in [3.63, 3.8) is 0 Å². The number of halogens is 1. The van der Waals surface area contributed by atoms with Gasteiger partial charge >= 0.3 is 0 Å². The molecule has 1 aliphatic rings. The summed E-state index contributed by atoms with van der Waals surface area (Å²) >= 11 is 0. The van der Waals surface area contributed by atoms with Gasteiger partial charge in [-0.1, -0.05) is 6.07 Å². The summed E-state index contributed by atoms with van der Waals surface area (Å²) < 4.78 is 24.0. The zero-order valence-corrected chi connectivity index (χ0v) is 11.3. The molecule has 3 rings (SSSR count). The van der Waals surface area contributed by atoms with E-state index in [9.17, 15) is 4.39 Å². The van der Waals surface area contributed by atoms with Crippen molar-refractivity contribution in [2.24, 2.45) is 0 Å². The van der Waals surface area contributed by atoms with E-state index in [1.54, 1.807) is 6.07 Å². The van der Waals surface area contributed by atoms with E-state index in [-0.39, 0.29) is 11.6 Å². The number of nitrogens with one attached hydrogen (secondary N) is 1. The third-order valence-corrected chi connectivity index (χ3v) is 3.40. The van der Waals surface area contributed by atoms with Crippen molar-refractivity contribution in [3.8, 4) is 11.5 Å². The van der Waals surface area contributed by atoms with Gasteiger partial charge in [0.25, 0.3) is 0 Å². The number of ether oxygens (including phenoxy) is 2. The van der Waals surface area contributed by atoms with Crippen LogP contribution >= 0.6 is 0 Å². The van der Waals surface area contributed by atoms with E-state index >= 15 is 0 Å². The Morgan fingerprint density at radius 1 is 1.25 bits per heavy atom. The van der Waals surface area contributed by atoms with Gasteiger partial charge in [0.2, 0.25) is 0 Å². The minimum Gasteiger partial charge on any atom is -0.494 e. The summed E-state index contributed by atoms with van der Waals surface area (Å²) in [5.74, 6) is 0.892. The molecule has 0 atom stereocenters. The summed E-state index contributed by atoms with van der Waals surface area (Å²) in [7, 11) is 1.46. The van der Waals surface area contributed by atoms with Gasteiger partial charge in [0.05, 0.1) is 13.7 Å². The van der Waals surface area contributed by atoms with Gasteiger partial charge in [0.15, 0.2) is 11.6 Å². The molecule has 4 heteroatoms. The first-order valence-electron chi connectivity index (χ1n) is 6.58. The monoisotopic (exact) mass is 273 g/mol. The normalized spacial score (nSPS) is 12.7. The van der Waals surface area contributed by atoms with Crippen LogP contribution in [0.25, 0.3) is 0 Å². The first-order chi connectivity index (χ1) is 9.76. The van der Waals surface area contributed by atoms with Gasteiger partial charge < -0.3 is 14.8 Å². The molecule has 0 fully saturated rings. The first kappa shape index (κ1) is 12.8. The van der Waals surface area contributed by atoms with Crippen LogP contribution in [0.1, 0.15) is 11.1 Å². The van der Waals surface area contributed by atoms with Crippen molar-refractivity contribution in [1.82, 2.24) is 0 Å². The Morgan fingerprint density at radius 2 is 2.15 bits per heavy atom. The van der Waals surface area contributed by atoms with Crippen molar-refractivity contribution in [3.05, 3.63) is 53.3 Å². The standard InChI is InChI=1S/C16H16FNO2/c1-19-16-4-2-11(8-14(16)17)10-18-13-3-5-15-12(9-13)6-7-20-15/h2-5,8-9,18H,6-7,10H2,1H3. The second-order valence-corrected chi connectivity index (χ2v) is 4.74. The van der Waals surface area contributed by atoms with Gasteiger partial charge in [-0.25, -0.2) is 4.39 Å². The minimum atomic E-state index is -0.339. The molecule has 0 amide bonds. The molecule has 1 N–H and O–H groups in total. The van der Waals surface area contributed by atoms with Crippen LogP contribution in [0.4, 0.5) is 10.1 Å². The quantitative estimate of drug-likeness (QED) is 0.926. The van der Waals surface area contributed by atoms with Crippen molar-refractivity contribution in [2.75, 3.05) is 19.0 Å². The largest absolute Gasteiger partial charge is 0.494 e. The Hall–Kier alpha value is -2.23. The molecular formula is C16H16FNO2. The molecule has 3 nitrogen and oxygen atoms in total. The van der Waals surface area contributed by atoms with Crippen LogP contribution in [0, 0.1) is 5.82 Å². The third-order valence-electron chi connectivity index (χ3n) is 3.40. The fourth-order valence-corrected chi connectivity index (χ4v) is 2.32. The minimum absolute atomic E-state index is 0.267. The van der Waals surface area contributed by atoms with E-state index in [0.29, 0.717) is 6.54 Å². The van der Waals surface area contributed by atoms with E-state index in [1.807, 2.05) is 18.2 Å². The lowest BCUT2D eigenvalue weighted by Gasteiger charge is -2.09. The van der Waals surface area contributed by atoms with Crippen LogP contribution < -0.4 is 14.8 Å². The second-order valence-electron chi connectivity index (χ2n) is 4.74. The summed E-state index contributed by atoms with van der Waals surface area (Å²) in [6.45, 7) is 1.32. The number of hydrogen-bond donors (Lipinski definition) is 1. The molecule has 1 heterocycles. The Bertz CT molecular complexity index is 628. The Balaban J connectivity index is 1.69.